The van der Waals surface area contributed by atoms with E-state index in [0.29, 0.717) is 6.54 Å². The van der Waals surface area contributed by atoms with Gasteiger partial charge < -0.3 is 20.7 Å². The van der Waals surface area contributed by atoms with Crippen LogP contribution in [0.15, 0.2) is 30.3 Å². The van der Waals surface area contributed by atoms with Gasteiger partial charge in [0, 0.05) is 6.54 Å². The summed E-state index contributed by atoms with van der Waals surface area (Å²) in [5.41, 5.74) is 7.06. The summed E-state index contributed by atoms with van der Waals surface area (Å²) in [7, 11) is 1.29. The number of unbranched alkanes of at least 4 members (excludes halogenated alkanes) is 1. The van der Waals surface area contributed by atoms with Crippen molar-refractivity contribution in [2.75, 3.05) is 20.3 Å². The molecule has 0 aromatic heterocycles. The molecule has 0 fully saturated rings. The molecular weight excluding hydrogens is 318 g/mol. The zero-order valence-electron chi connectivity index (χ0n) is 15.5. The lowest BCUT2D eigenvalue weighted by molar-refractivity contribution is -0.134. The predicted molar refractivity (Wildman–Crippen MR) is 98.9 cm³/mol. The first kappa shape index (κ1) is 21.0. The third-order valence-electron chi connectivity index (χ3n) is 4.46. The number of rotatable bonds is 10. The maximum atomic E-state index is 12.8. The molecule has 1 aromatic rings. The standard InChI is InChI=1S/C19H31N3O3/c1-4-15(2)17(21-19(24)25-3)18(23)22(14-20)13-9-8-12-16-10-6-5-7-11-16/h5-7,10-11,15,17H,4,8-9,12-14,20H2,1-3H3,(H,21,24)/t15-,17-/m0/s1. The van der Waals surface area contributed by atoms with Crippen molar-refractivity contribution in [3.05, 3.63) is 35.9 Å². The van der Waals surface area contributed by atoms with Crippen molar-refractivity contribution in [2.24, 2.45) is 11.7 Å². The van der Waals surface area contributed by atoms with Crippen LogP contribution in [0, 0.1) is 5.92 Å². The molecule has 6 nitrogen and oxygen atoms in total. The van der Waals surface area contributed by atoms with Crippen molar-refractivity contribution < 1.29 is 14.3 Å². The highest BCUT2D eigenvalue weighted by Crippen LogP contribution is 2.12. The molecule has 0 bridgehead atoms. The highest BCUT2D eigenvalue weighted by molar-refractivity contribution is 5.85. The summed E-state index contributed by atoms with van der Waals surface area (Å²) >= 11 is 0. The fourth-order valence-electron chi connectivity index (χ4n) is 2.63. The highest BCUT2D eigenvalue weighted by atomic mass is 16.5. The Bertz CT molecular complexity index is 522. The Morgan fingerprint density at radius 2 is 1.92 bits per heavy atom. The molecule has 0 aliphatic heterocycles. The number of methoxy groups -OCH3 is 1. The second-order valence-electron chi connectivity index (χ2n) is 6.23. The van der Waals surface area contributed by atoms with Gasteiger partial charge >= 0.3 is 6.09 Å². The Balaban J connectivity index is 2.56. The van der Waals surface area contributed by atoms with Crippen LogP contribution in [0.5, 0.6) is 0 Å². The maximum absolute atomic E-state index is 12.8. The molecule has 0 radical (unpaired) electrons. The van der Waals surface area contributed by atoms with E-state index < -0.39 is 12.1 Å². The molecule has 1 rings (SSSR count). The Kier molecular flexibility index (Phi) is 9.62. The number of nitrogens with zero attached hydrogens (tertiary/aromatic N) is 1. The monoisotopic (exact) mass is 349 g/mol. The summed E-state index contributed by atoms with van der Waals surface area (Å²) in [5.74, 6) is -0.146. The molecular formula is C19H31N3O3. The molecule has 2 atom stereocenters. The lowest BCUT2D eigenvalue weighted by atomic mass is 9.98. The van der Waals surface area contributed by atoms with E-state index in [-0.39, 0.29) is 18.5 Å². The van der Waals surface area contributed by atoms with E-state index in [0.717, 1.165) is 25.7 Å². The van der Waals surface area contributed by atoms with Crippen molar-refractivity contribution in [1.82, 2.24) is 10.2 Å². The molecule has 1 aromatic carbocycles. The number of hydrogen-bond acceptors (Lipinski definition) is 4. The third kappa shape index (κ3) is 7.13. The lowest BCUT2D eigenvalue weighted by Crippen LogP contribution is -2.53. The molecule has 0 unspecified atom stereocenters. The van der Waals surface area contributed by atoms with Crippen LogP contribution in [-0.4, -0.2) is 43.3 Å². The number of amides is 2. The van der Waals surface area contributed by atoms with E-state index in [4.69, 9.17) is 5.73 Å². The zero-order chi connectivity index (χ0) is 18.7. The number of carbonyl (C=O) groups excluding carboxylic acids is 2. The van der Waals surface area contributed by atoms with Gasteiger partial charge in [0.2, 0.25) is 5.91 Å². The van der Waals surface area contributed by atoms with Gasteiger partial charge in [-0.2, -0.15) is 0 Å². The van der Waals surface area contributed by atoms with Crippen LogP contribution in [0.1, 0.15) is 38.7 Å². The van der Waals surface area contributed by atoms with Crippen LogP contribution < -0.4 is 11.1 Å². The van der Waals surface area contributed by atoms with Crippen LogP contribution in [0.2, 0.25) is 0 Å². The Morgan fingerprint density at radius 1 is 1.24 bits per heavy atom. The average Bonchev–Trinajstić information content (AvgIpc) is 2.65. The largest absolute Gasteiger partial charge is 0.453 e. The highest BCUT2D eigenvalue weighted by Gasteiger charge is 2.29. The van der Waals surface area contributed by atoms with Crippen LogP contribution in [0.25, 0.3) is 0 Å². The van der Waals surface area contributed by atoms with Crippen LogP contribution in [0.3, 0.4) is 0 Å². The van der Waals surface area contributed by atoms with E-state index in [9.17, 15) is 9.59 Å². The number of ether oxygens (including phenoxy) is 1. The number of hydrogen-bond donors (Lipinski definition) is 2. The Hall–Kier alpha value is -2.08. The van der Waals surface area contributed by atoms with Gasteiger partial charge in [-0.1, -0.05) is 50.6 Å². The molecule has 0 saturated heterocycles. The van der Waals surface area contributed by atoms with Crippen LogP contribution in [0.4, 0.5) is 4.79 Å². The number of aryl methyl sites for hydroxylation is 1. The molecule has 6 heteroatoms. The summed E-state index contributed by atoms with van der Waals surface area (Å²) in [6, 6.07) is 9.65. The molecule has 25 heavy (non-hydrogen) atoms. The van der Waals surface area contributed by atoms with E-state index >= 15 is 0 Å². The summed E-state index contributed by atoms with van der Waals surface area (Å²) < 4.78 is 4.63. The minimum Gasteiger partial charge on any atom is -0.453 e. The quantitative estimate of drug-likeness (QED) is 0.502. The normalized spacial score (nSPS) is 13.0. The van der Waals surface area contributed by atoms with Gasteiger partial charge in [-0.25, -0.2) is 4.79 Å². The smallest absolute Gasteiger partial charge is 0.407 e. The van der Waals surface area contributed by atoms with Crippen molar-refractivity contribution in [3.63, 3.8) is 0 Å². The lowest BCUT2D eigenvalue weighted by Gasteiger charge is -2.29. The van der Waals surface area contributed by atoms with E-state index in [1.807, 2.05) is 32.0 Å². The third-order valence-corrected chi connectivity index (χ3v) is 4.46. The summed E-state index contributed by atoms with van der Waals surface area (Å²) in [6.07, 6.45) is 2.99. The molecule has 0 aliphatic carbocycles. The second kappa shape index (κ2) is 11.5. The van der Waals surface area contributed by atoms with Gasteiger partial charge in [0.15, 0.2) is 0 Å². The first-order chi connectivity index (χ1) is 12.0. The van der Waals surface area contributed by atoms with Crippen LogP contribution in [-0.2, 0) is 16.0 Å². The minimum absolute atomic E-state index is 0.00460. The van der Waals surface area contributed by atoms with Crippen molar-refractivity contribution in [3.8, 4) is 0 Å². The SMILES string of the molecule is CC[C@H](C)[C@H](NC(=O)OC)C(=O)N(CN)CCCCc1ccccc1. The first-order valence-corrected chi connectivity index (χ1v) is 8.90. The van der Waals surface area contributed by atoms with E-state index in [2.05, 4.69) is 22.2 Å². The van der Waals surface area contributed by atoms with Gasteiger partial charge in [0.25, 0.3) is 0 Å². The van der Waals surface area contributed by atoms with Crippen molar-refractivity contribution in [1.29, 1.82) is 0 Å². The molecule has 140 valence electrons. The van der Waals surface area contributed by atoms with Crippen molar-refractivity contribution in [2.45, 2.75) is 45.6 Å². The summed E-state index contributed by atoms with van der Waals surface area (Å²) in [5, 5.41) is 2.64. The number of benzene rings is 1. The zero-order valence-corrected chi connectivity index (χ0v) is 15.5. The maximum Gasteiger partial charge on any atom is 0.407 e. The van der Waals surface area contributed by atoms with Gasteiger partial charge in [-0.05, 0) is 30.7 Å². The van der Waals surface area contributed by atoms with E-state index in [1.165, 1.54) is 12.7 Å². The van der Waals surface area contributed by atoms with Gasteiger partial charge in [0.05, 0.1) is 13.8 Å². The van der Waals surface area contributed by atoms with Gasteiger partial charge in [0.1, 0.15) is 6.04 Å². The number of carbonyl (C=O) groups is 2. The molecule has 3 N–H and O–H groups in total. The Labute approximate surface area is 150 Å². The van der Waals surface area contributed by atoms with Gasteiger partial charge in [-0.3, -0.25) is 4.79 Å². The topological polar surface area (TPSA) is 84.7 Å². The van der Waals surface area contributed by atoms with E-state index in [1.54, 1.807) is 4.90 Å². The number of nitrogens with one attached hydrogen (secondary N) is 1. The minimum atomic E-state index is -0.616. The molecule has 0 spiro atoms. The number of alkyl carbamates (subject to hydrolysis) is 1. The fourth-order valence-corrected chi connectivity index (χ4v) is 2.63. The van der Waals surface area contributed by atoms with Crippen molar-refractivity contribution >= 4 is 12.0 Å². The average molecular weight is 349 g/mol. The number of nitrogens with two attached hydrogens (primary N) is 1. The molecule has 0 aliphatic rings. The summed E-state index contributed by atoms with van der Waals surface area (Å²) in [6.45, 7) is 4.64. The second-order valence-corrected chi connectivity index (χ2v) is 6.23. The molecule has 0 saturated carbocycles. The molecule has 2 amide bonds. The van der Waals surface area contributed by atoms with Crippen LogP contribution >= 0.6 is 0 Å². The molecule has 0 heterocycles. The first-order valence-electron chi connectivity index (χ1n) is 8.90. The van der Waals surface area contributed by atoms with Gasteiger partial charge in [-0.15, -0.1) is 0 Å². The fraction of sp³-hybridized carbons (Fsp3) is 0.579. The summed E-state index contributed by atoms with van der Waals surface area (Å²) in [4.78, 5) is 25.9. The predicted octanol–water partition coefficient (Wildman–Crippen LogP) is 2.52. The Morgan fingerprint density at radius 3 is 2.48 bits per heavy atom.